The molecular formula is C22H27N5O3S. The number of aromatic nitrogens is 1. The number of nitrogens with two attached hydrogens (primary N) is 1. The Labute approximate surface area is 182 Å². The number of fused-ring (bicyclic) bond motifs is 1. The summed E-state index contributed by atoms with van der Waals surface area (Å²) in [4.78, 5) is 14.4. The van der Waals surface area contributed by atoms with Gasteiger partial charge in [0, 0.05) is 55.9 Å². The molecule has 2 heterocycles. The van der Waals surface area contributed by atoms with Crippen LogP contribution in [0.3, 0.4) is 0 Å². The van der Waals surface area contributed by atoms with Crippen LogP contribution in [0.5, 0.6) is 0 Å². The molecule has 1 saturated heterocycles. The first-order valence-corrected chi connectivity index (χ1v) is 11.7. The standard InChI is InChI=1S/C22H27N5O3S/c1-16(28)25-20-5-2-17(3-6-20)14-26-10-11-27(31(26,29)30)15-18-4-7-22-21(12-18)19(8-9-23)13-24-22/h2-7,12-13,24H,8-11,14-15,23H2,1H3,(H,25,28). The Bertz CT molecular complexity index is 1190. The molecule has 2 aromatic carbocycles. The molecule has 0 unspecified atom stereocenters. The van der Waals surface area contributed by atoms with Gasteiger partial charge in [0.2, 0.25) is 5.91 Å². The van der Waals surface area contributed by atoms with Crippen LogP contribution in [0, 0.1) is 0 Å². The monoisotopic (exact) mass is 441 g/mol. The highest BCUT2D eigenvalue weighted by Crippen LogP contribution is 2.25. The second kappa shape index (κ2) is 8.80. The lowest BCUT2D eigenvalue weighted by atomic mass is 10.1. The maximum absolute atomic E-state index is 13.1. The predicted octanol–water partition coefficient (Wildman–Crippen LogP) is 2.19. The first kappa shape index (κ1) is 21.5. The smallest absolute Gasteiger partial charge is 0.282 e. The molecule has 0 aliphatic carbocycles. The molecule has 8 nitrogen and oxygen atoms in total. The van der Waals surface area contributed by atoms with Gasteiger partial charge in [0.25, 0.3) is 10.2 Å². The quantitative estimate of drug-likeness (QED) is 0.522. The Morgan fingerprint density at radius 3 is 2.35 bits per heavy atom. The van der Waals surface area contributed by atoms with Gasteiger partial charge in [-0.3, -0.25) is 4.79 Å². The van der Waals surface area contributed by atoms with E-state index in [2.05, 4.69) is 16.4 Å². The van der Waals surface area contributed by atoms with Crippen LogP contribution in [0.4, 0.5) is 5.69 Å². The van der Waals surface area contributed by atoms with Gasteiger partial charge in [-0.25, -0.2) is 0 Å². The van der Waals surface area contributed by atoms with Gasteiger partial charge < -0.3 is 16.0 Å². The average molecular weight is 442 g/mol. The largest absolute Gasteiger partial charge is 0.361 e. The summed E-state index contributed by atoms with van der Waals surface area (Å²) in [5, 5.41) is 3.80. The highest BCUT2D eigenvalue weighted by Gasteiger charge is 2.36. The maximum atomic E-state index is 13.1. The second-order valence-corrected chi connectivity index (χ2v) is 9.71. The van der Waals surface area contributed by atoms with Gasteiger partial charge >= 0.3 is 0 Å². The number of carbonyl (C=O) groups is 1. The van der Waals surface area contributed by atoms with Crippen molar-refractivity contribution in [2.45, 2.75) is 26.4 Å². The molecular weight excluding hydrogens is 414 g/mol. The Morgan fingerprint density at radius 2 is 1.71 bits per heavy atom. The van der Waals surface area contributed by atoms with Gasteiger partial charge in [-0.05, 0) is 53.9 Å². The zero-order chi connectivity index (χ0) is 22.0. The summed E-state index contributed by atoms with van der Waals surface area (Å²) in [5.74, 6) is -0.140. The number of benzene rings is 2. The Kier molecular flexibility index (Phi) is 6.10. The second-order valence-electron chi connectivity index (χ2n) is 7.79. The molecule has 3 aromatic rings. The predicted molar refractivity (Wildman–Crippen MR) is 122 cm³/mol. The van der Waals surface area contributed by atoms with Crippen LogP contribution in [-0.4, -0.2) is 47.6 Å². The number of H-pyrrole nitrogens is 1. The fourth-order valence-corrected chi connectivity index (χ4v) is 5.50. The van der Waals surface area contributed by atoms with Crippen molar-refractivity contribution in [3.05, 3.63) is 65.4 Å². The van der Waals surface area contributed by atoms with Gasteiger partial charge in [-0.2, -0.15) is 17.0 Å². The molecule has 4 rings (SSSR count). The third kappa shape index (κ3) is 4.64. The zero-order valence-electron chi connectivity index (χ0n) is 17.5. The van der Waals surface area contributed by atoms with E-state index in [-0.39, 0.29) is 5.91 Å². The van der Waals surface area contributed by atoms with E-state index in [0.717, 1.165) is 34.0 Å². The average Bonchev–Trinajstić information content (AvgIpc) is 3.25. The SMILES string of the molecule is CC(=O)Nc1ccc(CN2CCN(Cc3ccc4[nH]cc(CCN)c4c3)S2(=O)=O)cc1. The Balaban J connectivity index is 1.46. The van der Waals surface area contributed by atoms with Crippen LogP contribution in [0.1, 0.15) is 23.6 Å². The lowest BCUT2D eigenvalue weighted by Gasteiger charge is -2.19. The van der Waals surface area contributed by atoms with Crippen LogP contribution >= 0.6 is 0 Å². The van der Waals surface area contributed by atoms with E-state index < -0.39 is 10.2 Å². The zero-order valence-corrected chi connectivity index (χ0v) is 18.3. The summed E-state index contributed by atoms with van der Waals surface area (Å²) in [5.41, 5.74) is 10.4. The minimum Gasteiger partial charge on any atom is -0.361 e. The lowest BCUT2D eigenvalue weighted by Crippen LogP contribution is -2.32. The van der Waals surface area contributed by atoms with Crippen molar-refractivity contribution in [3.8, 4) is 0 Å². The van der Waals surface area contributed by atoms with E-state index in [1.807, 2.05) is 30.5 Å². The summed E-state index contributed by atoms with van der Waals surface area (Å²) >= 11 is 0. The number of nitrogens with zero attached hydrogens (tertiary/aromatic N) is 2. The molecule has 1 aliphatic heterocycles. The van der Waals surface area contributed by atoms with Gasteiger partial charge in [-0.15, -0.1) is 0 Å². The van der Waals surface area contributed by atoms with E-state index >= 15 is 0 Å². The van der Waals surface area contributed by atoms with Gasteiger partial charge in [-0.1, -0.05) is 18.2 Å². The topological polar surface area (TPSA) is 112 Å². The van der Waals surface area contributed by atoms with Crippen molar-refractivity contribution >= 4 is 32.7 Å². The number of hydrogen-bond donors (Lipinski definition) is 3. The fraction of sp³-hybridized carbons (Fsp3) is 0.318. The van der Waals surface area contributed by atoms with Crippen LogP contribution in [0.2, 0.25) is 0 Å². The van der Waals surface area contributed by atoms with Crippen LogP contribution in [0.15, 0.2) is 48.7 Å². The van der Waals surface area contributed by atoms with Gasteiger partial charge in [0.05, 0.1) is 0 Å². The molecule has 0 bridgehead atoms. The van der Waals surface area contributed by atoms with Crippen molar-refractivity contribution in [2.75, 3.05) is 25.0 Å². The van der Waals surface area contributed by atoms with Gasteiger partial charge in [0.1, 0.15) is 0 Å². The summed E-state index contributed by atoms with van der Waals surface area (Å²) in [6.07, 6.45) is 2.74. The number of anilines is 1. The molecule has 9 heteroatoms. The van der Waals surface area contributed by atoms with Crippen LogP contribution < -0.4 is 11.1 Å². The number of aromatic amines is 1. The molecule has 0 radical (unpaired) electrons. The van der Waals surface area contributed by atoms with Crippen LogP contribution in [-0.2, 0) is 34.5 Å². The molecule has 4 N–H and O–H groups in total. The Morgan fingerprint density at radius 1 is 1.06 bits per heavy atom. The molecule has 164 valence electrons. The summed E-state index contributed by atoms with van der Waals surface area (Å²) < 4.78 is 29.2. The van der Waals surface area contributed by atoms with E-state index in [1.165, 1.54) is 15.5 Å². The molecule has 0 spiro atoms. The number of amides is 1. The third-order valence-corrected chi connectivity index (χ3v) is 7.42. The minimum atomic E-state index is -3.54. The van der Waals surface area contributed by atoms with Crippen LogP contribution in [0.25, 0.3) is 10.9 Å². The summed E-state index contributed by atoms with van der Waals surface area (Å²) in [6.45, 7) is 3.55. The van der Waals surface area contributed by atoms with E-state index in [1.54, 1.807) is 12.1 Å². The molecule has 1 aromatic heterocycles. The number of rotatable bonds is 7. The first-order valence-electron chi connectivity index (χ1n) is 10.3. The molecule has 0 saturated carbocycles. The normalized spacial score (nSPS) is 16.7. The van der Waals surface area contributed by atoms with E-state index in [4.69, 9.17) is 5.73 Å². The number of carbonyl (C=O) groups excluding carboxylic acids is 1. The molecule has 1 amide bonds. The highest BCUT2D eigenvalue weighted by molar-refractivity contribution is 7.86. The van der Waals surface area contributed by atoms with E-state index in [0.29, 0.717) is 38.4 Å². The third-order valence-electron chi connectivity index (χ3n) is 5.49. The summed E-state index contributed by atoms with van der Waals surface area (Å²) in [6, 6.07) is 13.2. The summed E-state index contributed by atoms with van der Waals surface area (Å²) in [7, 11) is -3.54. The van der Waals surface area contributed by atoms with Crippen molar-refractivity contribution in [1.29, 1.82) is 0 Å². The van der Waals surface area contributed by atoms with Crippen molar-refractivity contribution < 1.29 is 13.2 Å². The first-order chi connectivity index (χ1) is 14.9. The fourth-order valence-electron chi connectivity index (χ4n) is 3.93. The minimum absolute atomic E-state index is 0.140. The number of nitrogens with one attached hydrogen (secondary N) is 2. The lowest BCUT2D eigenvalue weighted by molar-refractivity contribution is -0.114. The van der Waals surface area contributed by atoms with Gasteiger partial charge in [0.15, 0.2) is 0 Å². The van der Waals surface area contributed by atoms with Crippen molar-refractivity contribution in [3.63, 3.8) is 0 Å². The molecule has 31 heavy (non-hydrogen) atoms. The van der Waals surface area contributed by atoms with Crippen molar-refractivity contribution in [1.82, 2.24) is 13.6 Å². The maximum Gasteiger partial charge on any atom is 0.282 e. The molecule has 0 atom stereocenters. The van der Waals surface area contributed by atoms with Crippen molar-refractivity contribution in [2.24, 2.45) is 5.73 Å². The van der Waals surface area contributed by atoms with E-state index in [9.17, 15) is 13.2 Å². The molecule has 1 fully saturated rings. The molecule has 1 aliphatic rings. The highest BCUT2D eigenvalue weighted by atomic mass is 32.2. The number of hydrogen-bond acceptors (Lipinski definition) is 4. The Hall–Kier alpha value is -2.72.